The molecule has 0 spiro atoms. The normalized spacial score (nSPS) is 29.5. The monoisotopic (exact) mass is 229 g/mol. The zero-order valence-electron chi connectivity index (χ0n) is 8.26. The zero-order valence-corrected chi connectivity index (χ0v) is 8.26. The molecule has 8 heteroatoms. The third kappa shape index (κ3) is 1.90. The van der Waals surface area contributed by atoms with Gasteiger partial charge in [-0.05, 0) is 0 Å². The van der Waals surface area contributed by atoms with Crippen molar-refractivity contribution in [3.8, 4) is 0 Å². The lowest BCUT2D eigenvalue weighted by atomic mass is 10.2. The molecule has 1 aromatic rings. The van der Waals surface area contributed by atoms with E-state index in [2.05, 4.69) is 5.10 Å². The third-order valence-electron chi connectivity index (χ3n) is 2.48. The summed E-state index contributed by atoms with van der Waals surface area (Å²) < 4.78 is 6.55. The van der Waals surface area contributed by atoms with E-state index in [1.807, 2.05) is 0 Å². The molecule has 2 rings (SSSR count). The van der Waals surface area contributed by atoms with Crippen molar-refractivity contribution in [2.24, 2.45) is 0 Å². The second kappa shape index (κ2) is 4.16. The highest BCUT2D eigenvalue weighted by molar-refractivity contribution is 5.20. The predicted molar refractivity (Wildman–Crippen MR) is 50.5 cm³/mol. The van der Waals surface area contributed by atoms with Gasteiger partial charge in [0.15, 0.2) is 6.23 Å². The van der Waals surface area contributed by atoms with Gasteiger partial charge in [-0.2, -0.15) is 5.10 Å². The van der Waals surface area contributed by atoms with E-state index in [4.69, 9.17) is 9.84 Å². The molecule has 1 aliphatic rings. The van der Waals surface area contributed by atoms with E-state index >= 15 is 0 Å². The van der Waals surface area contributed by atoms with Gasteiger partial charge in [0.05, 0.1) is 17.6 Å². The molecule has 1 aliphatic heterocycles. The summed E-state index contributed by atoms with van der Waals surface area (Å²) in [4.78, 5) is 9.88. The van der Waals surface area contributed by atoms with Gasteiger partial charge in [0.2, 0.25) is 0 Å². The van der Waals surface area contributed by atoms with Crippen LogP contribution in [0, 0.1) is 10.1 Å². The summed E-state index contributed by atoms with van der Waals surface area (Å²) in [6.45, 7) is -0.291. The van der Waals surface area contributed by atoms with E-state index in [1.54, 1.807) is 0 Å². The molecule has 16 heavy (non-hydrogen) atoms. The van der Waals surface area contributed by atoms with Crippen LogP contribution in [-0.4, -0.2) is 43.7 Å². The van der Waals surface area contributed by atoms with Gasteiger partial charge in [-0.15, -0.1) is 0 Å². The summed E-state index contributed by atoms with van der Waals surface area (Å²) in [6, 6.07) is 0. The molecule has 1 aromatic heterocycles. The number of aliphatic hydroxyl groups excluding tert-OH is 2. The van der Waals surface area contributed by atoms with Crippen molar-refractivity contribution in [3.05, 3.63) is 22.5 Å². The molecule has 0 bridgehead atoms. The second-order valence-electron chi connectivity index (χ2n) is 3.55. The lowest BCUT2D eigenvalue weighted by Gasteiger charge is -2.11. The lowest BCUT2D eigenvalue weighted by Crippen LogP contribution is -2.24. The first-order valence-electron chi connectivity index (χ1n) is 4.74. The summed E-state index contributed by atoms with van der Waals surface area (Å²) in [6.07, 6.45) is 0.593. The minimum absolute atomic E-state index is 0.134. The van der Waals surface area contributed by atoms with Crippen molar-refractivity contribution in [2.75, 3.05) is 6.61 Å². The molecule has 2 N–H and O–H groups in total. The van der Waals surface area contributed by atoms with Gasteiger partial charge in [-0.1, -0.05) is 0 Å². The van der Waals surface area contributed by atoms with Crippen LogP contribution in [-0.2, 0) is 4.74 Å². The minimum atomic E-state index is -0.779. The Morgan fingerprint density at radius 3 is 3.00 bits per heavy atom. The topological polar surface area (TPSA) is 111 Å². The number of ether oxygens (including phenoxy) is 1. The fourth-order valence-corrected chi connectivity index (χ4v) is 1.62. The average Bonchev–Trinajstić information content (AvgIpc) is 2.83. The lowest BCUT2D eigenvalue weighted by molar-refractivity contribution is -0.385. The van der Waals surface area contributed by atoms with Gasteiger partial charge in [-0.3, -0.25) is 10.1 Å². The molecule has 0 amide bonds. The Kier molecular flexibility index (Phi) is 2.86. The van der Waals surface area contributed by atoms with Gasteiger partial charge >= 0.3 is 5.69 Å². The van der Waals surface area contributed by atoms with E-state index in [0.717, 1.165) is 6.20 Å². The fraction of sp³-hybridized carbons (Fsp3) is 0.625. The van der Waals surface area contributed by atoms with Crippen LogP contribution in [0.25, 0.3) is 0 Å². The van der Waals surface area contributed by atoms with E-state index in [9.17, 15) is 15.2 Å². The molecule has 0 aliphatic carbocycles. The molecule has 88 valence electrons. The highest BCUT2D eigenvalue weighted by atomic mass is 16.6. The van der Waals surface area contributed by atoms with Crippen LogP contribution in [0.15, 0.2) is 12.4 Å². The first kappa shape index (κ1) is 11.0. The average molecular weight is 229 g/mol. The maximum atomic E-state index is 10.4. The van der Waals surface area contributed by atoms with Crippen LogP contribution in [0.4, 0.5) is 5.69 Å². The molecule has 1 saturated heterocycles. The zero-order chi connectivity index (χ0) is 11.7. The summed E-state index contributed by atoms with van der Waals surface area (Å²) in [7, 11) is 0. The smallest absolute Gasteiger partial charge is 0.307 e. The molecular weight excluding hydrogens is 218 g/mol. The quantitative estimate of drug-likeness (QED) is 0.530. The molecule has 0 saturated carbocycles. The van der Waals surface area contributed by atoms with Crippen LogP contribution in [0.3, 0.4) is 0 Å². The summed E-state index contributed by atoms with van der Waals surface area (Å²) in [5, 5.41) is 32.6. The van der Waals surface area contributed by atoms with Crippen molar-refractivity contribution < 1.29 is 19.9 Å². The second-order valence-corrected chi connectivity index (χ2v) is 3.55. The molecule has 1 fully saturated rings. The van der Waals surface area contributed by atoms with Crippen molar-refractivity contribution in [1.82, 2.24) is 9.78 Å². The number of nitro groups is 1. The first-order chi connectivity index (χ1) is 7.61. The number of hydrogen-bond acceptors (Lipinski definition) is 6. The van der Waals surface area contributed by atoms with Gasteiger partial charge in [0.1, 0.15) is 18.5 Å². The highest BCUT2D eigenvalue weighted by Gasteiger charge is 2.35. The van der Waals surface area contributed by atoms with Gasteiger partial charge < -0.3 is 14.9 Å². The number of nitrogens with zero attached hydrogens (tertiary/aromatic N) is 3. The van der Waals surface area contributed by atoms with Gasteiger partial charge in [-0.25, -0.2) is 4.68 Å². The Morgan fingerprint density at radius 2 is 2.50 bits per heavy atom. The van der Waals surface area contributed by atoms with E-state index in [-0.39, 0.29) is 18.7 Å². The van der Waals surface area contributed by atoms with Crippen molar-refractivity contribution in [3.63, 3.8) is 0 Å². The summed E-state index contributed by atoms with van der Waals surface area (Å²) in [5.74, 6) is 0. The Bertz CT molecular complexity index is 393. The Labute approximate surface area is 90.2 Å². The molecular formula is C8H11N3O5. The molecule has 3 atom stereocenters. The number of hydrogen-bond donors (Lipinski definition) is 2. The van der Waals surface area contributed by atoms with E-state index in [1.165, 1.54) is 10.9 Å². The molecule has 0 radical (unpaired) electrons. The number of aromatic nitrogens is 2. The fourth-order valence-electron chi connectivity index (χ4n) is 1.62. The van der Waals surface area contributed by atoms with Crippen LogP contribution in [0.5, 0.6) is 0 Å². The standard InChI is InChI=1S/C8H11N3O5/c12-4-7-6(13)1-8(16-7)10-3-5(2-9-10)11(14)15/h2-3,6-8,12-13H,1,4H2/t6-,7+,8?/m0/s1. The third-order valence-corrected chi connectivity index (χ3v) is 2.48. The SMILES string of the molecule is O=[N+]([O-])c1cnn(C2C[C@H](O)[C@@H](CO)O2)c1. The Balaban J connectivity index is 2.11. The van der Waals surface area contributed by atoms with Crippen molar-refractivity contribution in [2.45, 2.75) is 24.9 Å². The predicted octanol–water partition coefficient (Wildman–Crippen LogP) is -0.568. The van der Waals surface area contributed by atoms with E-state index in [0.29, 0.717) is 0 Å². The van der Waals surface area contributed by atoms with Crippen molar-refractivity contribution >= 4 is 5.69 Å². The Morgan fingerprint density at radius 1 is 1.75 bits per heavy atom. The van der Waals surface area contributed by atoms with Gasteiger partial charge in [0, 0.05) is 6.42 Å². The van der Waals surface area contributed by atoms with Crippen molar-refractivity contribution in [1.29, 1.82) is 0 Å². The molecule has 8 nitrogen and oxygen atoms in total. The van der Waals surface area contributed by atoms with Crippen LogP contribution in [0.1, 0.15) is 12.6 Å². The summed E-state index contributed by atoms with van der Waals surface area (Å²) >= 11 is 0. The van der Waals surface area contributed by atoms with E-state index < -0.39 is 23.4 Å². The summed E-state index contributed by atoms with van der Waals surface area (Å²) in [5.41, 5.74) is -0.134. The maximum absolute atomic E-state index is 10.4. The van der Waals surface area contributed by atoms with Gasteiger partial charge in [0.25, 0.3) is 0 Å². The van der Waals surface area contributed by atoms with Crippen LogP contribution < -0.4 is 0 Å². The first-order valence-corrected chi connectivity index (χ1v) is 4.74. The number of aliphatic hydroxyl groups is 2. The Hall–Kier alpha value is -1.51. The molecule has 2 heterocycles. The van der Waals surface area contributed by atoms with Crippen LogP contribution in [0.2, 0.25) is 0 Å². The maximum Gasteiger partial charge on any atom is 0.307 e. The largest absolute Gasteiger partial charge is 0.394 e. The molecule has 1 unspecified atom stereocenters. The van der Waals surface area contributed by atoms with Crippen LogP contribution >= 0.6 is 0 Å². The highest BCUT2D eigenvalue weighted by Crippen LogP contribution is 2.28. The minimum Gasteiger partial charge on any atom is -0.394 e. The number of rotatable bonds is 3. The molecule has 0 aromatic carbocycles.